The molecule has 0 amide bonds. The number of methoxy groups -OCH3 is 2. The van der Waals surface area contributed by atoms with Gasteiger partial charge in [-0.25, -0.2) is 9.37 Å². The fourth-order valence-corrected chi connectivity index (χ4v) is 5.12. The maximum Gasteiger partial charge on any atom is 0.186 e. The summed E-state index contributed by atoms with van der Waals surface area (Å²) in [5.74, 6) is 0.413. The number of hydrogen-bond donors (Lipinski definition) is 0. The van der Waals surface area contributed by atoms with Gasteiger partial charge < -0.3 is 14.4 Å². The molecule has 3 aromatic rings. The van der Waals surface area contributed by atoms with Crippen LogP contribution in [-0.4, -0.2) is 31.3 Å². The lowest BCUT2D eigenvalue weighted by Gasteiger charge is -2.34. The van der Waals surface area contributed by atoms with Gasteiger partial charge in [-0.1, -0.05) is 30.7 Å². The van der Waals surface area contributed by atoms with Crippen molar-refractivity contribution in [2.24, 2.45) is 0 Å². The van der Waals surface area contributed by atoms with Gasteiger partial charge in [-0.3, -0.25) is 0 Å². The fraction of sp³-hybridized carbons (Fsp3) is 0.400. The van der Waals surface area contributed by atoms with Crippen LogP contribution >= 0.6 is 22.9 Å². The van der Waals surface area contributed by atoms with Crippen LogP contribution in [0, 0.1) is 19.7 Å². The molecule has 3 rings (SSSR count). The second-order valence-corrected chi connectivity index (χ2v) is 9.46. The van der Waals surface area contributed by atoms with Crippen LogP contribution in [0.5, 0.6) is 5.75 Å². The van der Waals surface area contributed by atoms with Crippen molar-refractivity contribution in [1.82, 2.24) is 4.98 Å². The molecular formula is C25H30ClFN2O2S. The molecule has 0 spiro atoms. The number of aromatic nitrogens is 1. The van der Waals surface area contributed by atoms with E-state index in [0.717, 1.165) is 38.8 Å². The number of anilines is 1. The average Bonchev–Trinajstić information content (AvgIpc) is 3.16. The molecule has 0 aliphatic heterocycles. The van der Waals surface area contributed by atoms with E-state index in [1.807, 2.05) is 31.2 Å². The third-order valence-corrected chi connectivity index (χ3v) is 7.09. The second kappa shape index (κ2) is 10.6. The van der Waals surface area contributed by atoms with Crippen molar-refractivity contribution in [3.8, 4) is 17.0 Å². The molecule has 4 nitrogen and oxygen atoms in total. The Kier molecular flexibility index (Phi) is 8.15. The van der Waals surface area contributed by atoms with E-state index >= 15 is 0 Å². The van der Waals surface area contributed by atoms with E-state index < -0.39 is 0 Å². The molecule has 0 aliphatic carbocycles. The van der Waals surface area contributed by atoms with Gasteiger partial charge in [-0.15, -0.1) is 11.3 Å². The Hall–Kier alpha value is -2.15. The SMILES string of the molecule is CCC(C(C)OC)N(Cc1ccc(F)cc1)c1nc(-c2cc(Cl)c(OC)cc2C)c(C)s1. The molecule has 0 N–H and O–H groups in total. The van der Waals surface area contributed by atoms with Gasteiger partial charge in [0.2, 0.25) is 0 Å². The summed E-state index contributed by atoms with van der Waals surface area (Å²) in [4.78, 5) is 8.42. The third kappa shape index (κ3) is 5.25. The van der Waals surface area contributed by atoms with Crippen LogP contribution in [0.25, 0.3) is 11.3 Å². The van der Waals surface area contributed by atoms with Crippen LogP contribution in [0.2, 0.25) is 5.02 Å². The highest BCUT2D eigenvalue weighted by Gasteiger charge is 2.27. The van der Waals surface area contributed by atoms with Crippen LogP contribution in [-0.2, 0) is 11.3 Å². The van der Waals surface area contributed by atoms with Crippen LogP contribution in [0.15, 0.2) is 36.4 Å². The second-order valence-electron chi connectivity index (χ2n) is 7.87. The summed E-state index contributed by atoms with van der Waals surface area (Å²) in [5.41, 5.74) is 3.97. The topological polar surface area (TPSA) is 34.6 Å². The first-order valence-electron chi connectivity index (χ1n) is 10.6. The molecule has 2 aromatic carbocycles. The highest BCUT2D eigenvalue weighted by atomic mass is 35.5. The van der Waals surface area contributed by atoms with E-state index in [1.165, 1.54) is 12.1 Å². The molecule has 0 saturated carbocycles. The van der Waals surface area contributed by atoms with Gasteiger partial charge in [0, 0.05) is 24.1 Å². The molecule has 1 aromatic heterocycles. The minimum Gasteiger partial charge on any atom is -0.495 e. The maximum atomic E-state index is 13.5. The number of nitrogens with zero attached hydrogens (tertiary/aromatic N) is 2. The smallest absolute Gasteiger partial charge is 0.186 e. The molecule has 0 aliphatic rings. The Balaban J connectivity index is 2.06. The first kappa shape index (κ1) is 24.5. The molecule has 0 radical (unpaired) electrons. The molecule has 7 heteroatoms. The first-order valence-corrected chi connectivity index (χ1v) is 11.8. The summed E-state index contributed by atoms with van der Waals surface area (Å²) in [5, 5.41) is 1.47. The summed E-state index contributed by atoms with van der Waals surface area (Å²) in [6, 6.07) is 10.6. The zero-order chi connectivity index (χ0) is 23.4. The molecule has 2 unspecified atom stereocenters. The lowest BCUT2D eigenvalue weighted by Crippen LogP contribution is -2.42. The molecule has 1 heterocycles. The van der Waals surface area contributed by atoms with E-state index in [4.69, 9.17) is 26.1 Å². The Morgan fingerprint density at radius 1 is 1.16 bits per heavy atom. The Morgan fingerprint density at radius 2 is 1.84 bits per heavy atom. The number of thiazole rings is 1. The Labute approximate surface area is 199 Å². The van der Waals surface area contributed by atoms with Crippen molar-refractivity contribution in [3.63, 3.8) is 0 Å². The van der Waals surface area contributed by atoms with Crippen LogP contribution in [0.1, 0.15) is 36.3 Å². The maximum absolute atomic E-state index is 13.5. The summed E-state index contributed by atoms with van der Waals surface area (Å²) >= 11 is 8.07. The van der Waals surface area contributed by atoms with Crippen molar-refractivity contribution in [3.05, 3.63) is 63.2 Å². The third-order valence-electron chi connectivity index (χ3n) is 5.78. The van der Waals surface area contributed by atoms with Crippen molar-refractivity contribution in [2.45, 2.75) is 52.8 Å². The van der Waals surface area contributed by atoms with Gasteiger partial charge in [0.05, 0.1) is 30.0 Å². The van der Waals surface area contributed by atoms with Crippen molar-refractivity contribution in [1.29, 1.82) is 0 Å². The van der Waals surface area contributed by atoms with Gasteiger partial charge in [0.1, 0.15) is 11.6 Å². The van der Waals surface area contributed by atoms with Gasteiger partial charge in [-0.2, -0.15) is 0 Å². The molecule has 172 valence electrons. The highest BCUT2D eigenvalue weighted by molar-refractivity contribution is 7.16. The summed E-state index contributed by atoms with van der Waals surface area (Å²) in [6.45, 7) is 8.93. The molecular weight excluding hydrogens is 447 g/mol. The molecule has 2 atom stereocenters. The lowest BCUT2D eigenvalue weighted by atomic mass is 10.0. The van der Waals surface area contributed by atoms with Crippen LogP contribution in [0.4, 0.5) is 9.52 Å². The summed E-state index contributed by atoms with van der Waals surface area (Å²) in [7, 11) is 3.34. The normalized spacial score (nSPS) is 13.1. The van der Waals surface area contributed by atoms with Crippen molar-refractivity contribution in [2.75, 3.05) is 19.1 Å². The number of ether oxygens (including phenoxy) is 2. The van der Waals surface area contributed by atoms with E-state index in [2.05, 4.69) is 25.7 Å². The van der Waals surface area contributed by atoms with Crippen LogP contribution < -0.4 is 9.64 Å². The number of halogens is 2. The van der Waals surface area contributed by atoms with Crippen molar-refractivity contribution < 1.29 is 13.9 Å². The Bertz CT molecular complexity index is 1050. The first-order chi connectivity index (χ1) is 15.3. The standard InChI is InChI=1S/C25H30ClFN2O2S/c1-7-22(16(3)30-5)29(14-18-8-10-19(27)11-9-18)25-28-24(17(4)32-25)20-13-21(26)23(31-6)12-15(20)2/h8-13,16,22H,7,14H2,1-6H3. The number of hydrogen-bond acceptors (Lipinski definition) is 5. The van der Waals surface area contributed by atoms with Crippen LogP contribution in [0.3, 0.4) is 0 Å². The molecule has 32 heavy (non-hydrogen) atoms. The van der Waals surface area contributed by atoms with E-state index in [9.17, 15) is 4.39 Å². The molecule has 0 saturated heterocycles. The number of aryl methyl sites for hydroxylation is 2. The van der Waals surface area contributed by atoms with Gasteiger partial charge in [0.25, 0.3) is 0 Å². The Morgan fingerprint density at radius 3 is 2.44 bits per heavy atom. The number of rotatable bonds is 9. The van der Waals surface area contributed by atoms with Gasteiger partial charge >= 0.3 is 0 Å². The number of benzene rings is 2. The van der Waals surface area contributed by atoms with Gasteiger partial charge in [0.15, 0.2) is 5.13 Å². The minimum atomic E-state index is -0.239. The van der Waals surface area contributed by atoms with E-state index in [0.29, 0.717) is 17.3 Å². The fourth-order valence-electron chi connectivity index (χ4n) is 3.90. The van der Waals surface area contributed by atoms with E-state index in [-0.39, 0.29) is 18.0 Å². The highest BCUT2D eigenvalue weighted by Crippen LogP contribution is 2.39. The van der Waals surface area contributed by atoms with Crippen molar-refractivity contribution >= 4 is 28.1 Å². The van der Waals surface area contributed by atoms with Gasteiger partial charge in [-0.05, 0) is 62.6 Å². The molecule has 0 bridgehead atoms. The zero-order valence-corrected chi connectivity index (χ0v) is 21.0. The summed E-state index contributed by atoms with van der Waals surface area (Å²) in [6.07, 6.45) is 0.891. The quantitative estimate of drug-likeness (QED) is 0.331. The lowest BCUT2D eigenvalue weighted by molar-refractivity contribution is 0.0906. The zero-order valence-electron chi connectivity index (χ0n) is 19.4. The van der Waals surface area contributed by atoms with E-state index in [1.54, 1.807) is 25.6 Å². The largest absolute Gasteiger partial charge is 0.495 e. The monoisotopic (exact) mass is 476 g/mol. The average molecular weight is 477 g/mol. The predicted molar refractivity (Wildman–Crippen MR) is 132 cm³/mol. The predicted octanol–water partition coefficient (Wildman–Crippen LogP) is 7.05. The minimum absolute atomic E-state index is 0.00488. The summed E-state index contributed by atoms with van der Waals surface area (Å²) < 4.78 is 24.5. The molecule has 0 fully saturated rings.